The van der Waals surface area contributed by atoms with E-state index in [0.717, 1.165) is 12.8 Å². The van der Waals surface area contributed by atoms with Crippen LogP contribution in [0.1, 0.15) is 33.6 Å². The normalized spacial score (nSPS) is 11.2. The van der Waals surface area contributed by atoms with Gasteiger partial charge in [0.2, 0.25) is 0 Å². The van der Waals surface area contributed by atoms with Crippen molar-refractivity contribution in [3.05, 3.63) is 0 Å². The SMILES string of the molecule is CCCP(=O)(CCC)OC(C)=O. The molecule has 0 saturated carbocycles. The molecule has 0 radical (unpaired) electrons. The van der Waals surface area contributed by atoms with Crippen LogP contribution in [-0.2, 0) is 13.9 Å². The lowest BCUT2D eigenvalue weighted by Crippen LogP contribution is -2.03. The van der Waals surface area contributed by atoms with E-state index in [1.54, 1.807) is 0 Å². The van der Waals surface area contributed by atoms with Crippen LogP contribution in [0.4, 0.5) is 0 Å². The second-order valence-corrected chi connectivity index (χ2v) is 5.55. The largest absolute Gasteiger partial charge is 0.412 e. The summed E-state index contributed by atoms with van der Waals surface area (Å²) >= 11 is 0. The fourth-order valence-electron chi connectivity index (χ4n) is 1.12. The van der Waals surface area contributed by atoms with Crippen LogP contribution in [0.5, 0.6) is 0 Å². The molecule has 0 heterocycles. The van der Waals surface area contributed by atoms with Crippen LogP contribution in [0, 0.1) is 0 Å². The molecule has 0 aliphatic carbocycles. The number of carbonyl (C=O) groups is 1. The summed E-state index contributed by atoms with van der Waals surface area (Å²) in [6.07, 6.45) is 2.62. The molecule has 3 nitrogen and oxygen atoms in total. The summed E-state index contributed by atoms with van der Waals surface area (Å²) in [5, 5.41) is 0. The number of hydrogen-bond donors (Lipinski definition) is 0. The van der Waals surface area contributed by atoms with Gasteiger partial charge in [-0.05, 0) is 12.8 Å². The molecule has 4 heteroatoms. The highest BCUT2D eigenvalue weighted by Gasteiger charge is 2.22. The Kier molecular flexibility index (Phi) is 5.23. The Morgan fingerprint density at radius 1 is 1.25 bits per heavy atom. The highest BCUT2D eigenvalue weighted by molar-refractivity contribution is 7.59. The smallest absolute Gasteiger partial charge is 0.307 e. The molecule has 0 aromatic rings. The van der Waals surface area contributed by atoms with E-state index in [4.69, 9.17) is 4.52 Å². The van der Waals surface area contributed by atoms with Gasteiger partial charge in [-0.1, -0.05) is 13.8 Å². The molecule has 0 N–H and O–H groups in total. The molecule has 0 saturated heterocycles. The number of rotatable bonds is 5. The van der Waals surface area contributed by atoms with Gasteiger partial charge in [0.15, 0.2) is 0 Å². The van der Waals surface area contributed by atoms with Gasteiger partial charge in [0.05, 0.1) is 0 Å². The molecule has 0 aromatic heterocycles. The van der Waals surface area contributed by atoms with E-state index in [0.29, 0.717) is 12.3 Å². The van der Waals surface area contributed by atoms with Gasteiger partial charge in [0.25, 0.3) is 7.37 Å². The first kappa shape index (κ1) is 11.7. The second kappa shape index (κ2) is 5.36. The predicted octanol–water partition coefficient (Wildman–Crippen LogP) is 2.65. The van der Waals surface area contributed by atoms with E-state index in [-0.39, 0.29) is 0 Å². The lowest BCUT2D eigenvalue weighted by atomic mass is 10.6. The first-order chi connectivity index (χ1) is 5.54. The lowest BCUT2D eigenvalue weighted by molar-refractivity contribution is -0.131. The minimum atomic E-state index is -2.62. The molecule has 0 atom stereocenters. The van der Waals surface area contributed by atoms with E-state index in [1.165, 1.54) is 6.92 Å². The Morgan fingerprint density at radius 3 is 1.92 bits per heavy atom. The Hall–Kier alpha value is -0.300. The summed E-state index contributed by atoms with van der Waals surface area (Å²) in [4.78, 5) is 10.6. The zero-order valence-corrected chi connectivity index (χ0v) is 8.89. The molecular weight excluding hydrogens is 175 g/mol. The zero-order valence-electron chi connectivity index (χ0n) is 8.00. The molecule has 0 aliphatic rings. The van der Waals surface area contributed by atoms with Crippen LogP contribution in [-0.4, -0.2) is 18.3 Å². The first-order valence-corrected chi connectivity index (χ1v) is 6.32. The second-order valence-electron chi connectivity index (χ2n) is 2.84. The quantitative estimate of drug-likeness (QED) is 0.629. The average molecular weight is 192 g/mol. The van der Waals surface area contributed by atoms with Crippen molar-refractivity contribution in [2.45, 2.75) is 33.6 Å². The van der Waals surface area contributed by atoms with Crippen molar-refractivity contribution in [2.24, 2.45) is 0 Å². The third-order valence-electron chi connectivity index (χ3n) is 1.42. The average Bonchev–Trinajstić information content (AvgIpc) is 1.85. The maximum Gasteiger partial charge on any atom is 0.307 e. The maximum absolute atomic E-state index is 11.8. The van der Waals surface area contributed by atoms with Gasteiger partial charge in [-0.2, -0.15) is 0 Å². The van der Waals surface area contributed by atoms with Gasteiger partial charge in [-0.15, -0.1) is 0 Å². The maximum atomic E-state index is 11.8. The Bertz CT molecular complexity index is 179. The third kappa shape index (κ3) is 4.55. The molecule has 12 heavy (non-hydrogen) atoms. The van der Waals surface area contributed by atoms with Crippen molar-refractivity contribution < 1.29 is 13.9 Å². The van der Waals surface area contributed by atoms with E-state index >= 15 is 0 Å². The summed E-state index contributed by atoms with van der Waals surface area (Å²) < 4.78 is 16.6. The molecule has 0 amide bonds. The molecule has 0 fully saturated rings. The minimum absolute atomic E-state index is 0.430. The minimum Gasteiger partial charge on any atom is -0.412 e. The van der Waals surface area contributed by atoms with Crippen molar-refractivity contribution in [1.29, 1.82) is 0 Å². The van der Waals surface area contributed by atoms with Gasteiger partial charge in [0, 0.05) is 19.2 Å². The third-order valence-corrected chi connectivity index (χ3v) is 4.27. The molecule has 0 aromatic carbocycles. The van der Waals surface area contributed by atoms with E-state index in [9.17, 15) is 9.36 Å². The summed E-state index contributed by atoms with van der Waals surface area (Å²) in [5.74, 6) is -0.430. The van der Waals surface area contributed by atoms with Gasteiger partial charge < -0.3 is 4.52 Å². The first-order valence-electron chi connectivity index (χ1n) is 4.32. The van der Waals surface area contributed by atoms with Gasteiger partial charge in [-0.3, -0.25) is 9.36 Å². The Morgan fingerprint density at radius 2 is 1.67 bits per heavy atom. The van der Waals surface area contributed by atoms with Gasteiger partial charge in [-0.25, -0.2) is 0 Å². The van der Waals surface area contributed by atoms with Crippen LogP contribution < -0.4 is 0 Å². The van der Waals surface area contributed by atoms with Crippen molar-refractivity contribution >= 4 is 13.3 Å². The van der Waals surface area contributed by atoms with Gasteiger partial charge in [0.1, 0.15) is 0 Å². The standard InChI is InChI=1S/C8H17O3P/c1-4-6-12(10,7-5-2)11-8(3)9/h4-7H2,1-3H3. The van der Waals surface area contributed by atoms with Crippen LogP contribution >= 0.6 is 7.37 Å². The number of carbonyl (C=O) groups excluding carboxylic acids is 1. The van der Waals surface area contributed by atoms with Crippen LogP contribution in [0.3, 0.4) is 0 Å². The summed E-state index contributed by atoms with van der Waals surface area (Å²) in [6, 6.07) is 0. The fraction of sp³-hybridized carbons (Fsp3) is 0.875. The van der Waals surface area contributed by atoms with Crippen molar-refractivity contribution in [3.63, 3.8) is 0 Å². The van der Waals surface area contributed by atoms with Crippen molar-refractivity contribution in [1.82, 2.24) is 0 Å². The van der Waals surface area contributed by atoms with Crippen LogP contribution in [0.25, 0.3) is 0 Å². The molecular formula is C8H17O3P. The van der Waals surface area contributed by atoms with Gasteiger partial charge >= 0.3 is 5.97 Å². The van der Waals surface area contributed by atoms with E-state index in [1.807, 2.05) is 13.8 Å². The summed E-state index contributed by atoms with van der Waals surface area (Å²) in [7, 11) is -2.62. The summed E-state index contributed by atoms with van der Waals surface area (Å²) in [6.45, 7) is 5.18. The number of hydrogen-bond acceptors (Lipinski definition) is 3. The molecule has 0 unspecified atom stereocenters. The Balaban J connectivity index is 4.18. The predicted molar refractivity (Wildman–Crippen MR) is 49.7 cm³/mol. The molecule has 72 valence electrons. The molecule has 0 spiro atoms. The van der Waals surface area contributed by atoms with Crippen molar-refractivity contribution in [3.8, 4) is 0 Å². The van der Waals surface area contributed by atoms with Crippen LogP contribution in [0.2, 0.25) is 0 Å². The zero-order chi connectivity index (χ0) is 9.61. The fourth-order valence-corrected chi connectivity index (χ4v) is 3.36. The monoisotopic (exact) mass is 192 g/mol. The highest BCUT2D eigenvalue weighted by atomic mass is 31.2. The topological polar surface area (TPSA) is 43.4 Å². The van der Waals surface area contributed by atoms with E-state index < -0.39 is 13.3 Å². The Labute approximate surface area is 73.9 Å². The highest BCUT2D eigenvalue weighted by Crippen LogP contribution is 2.47. The van der Waals surface area contributed by atoms with Crippen LogP contribution in [0.15, 0.2) is 0 Å². The molecule has 0 bridgehead atoms. The lowest BCUT2D eigenvalue weighted by Gasteiger charge is -2.15. The molecule has 0 aliphatic heterocycles. The summed E-state index contributed by atoms with van der Waals surface area (Å²) in [5.41, 5.74) is 0. The van der Waals surface area contributed by atoms with E-state index in [2.05, 4.69) is 0 Å². The van der Waals surface area contributed by atoms with Crippen molar-refractivity contribution in [2.75, 3.05) is 12.3 Å². The molecule has 0 rings (SSSR count).